The average Bonchev–Trinajstić information content (AvgIpc) is 2.80. The highest BCUT2D eigenvalue weighted by Gasteiger charge is 2.36. The summed E-state index contributed by atoms with van der Waals surface area (Å²) in [5, 5.41) is 9.76. The third-order valence-electron chi connectivity index (χ3n) is 6.11. The minimum atomic E-state index is -3.89. The molecule has 0 saturated carbocycles. The fourth-order valence-electron chi connectivity index (χ4n) is 3.94. The zero-order valence-electron chi connectivity index (χ0n) is 20.1. The van der Waals surface area contributed by atoms with E-state index in [2.05, 4.69) is 0 Å². The Balaban J connectivity index is 2.01. The molecule has 34 heavy (non-hydrogen) atoms. The number of aliphatic hydroxyl groups excluding tert-OH is 1. The van der Waals surface area contributed by atoms with Crippen molar-refractivity contribution in [2.75, 3.05) is 45.7 Å². The van der Waals surface area contributed by atoms with Crippen LogP contribution in [0.15, 0.2) is 47.4 Å². The lowest BCUT2D eigenvalue weighted by Gasteiger charge is -2.38. The minimum absolute atomic E-state index is 0.0115. The molecule has 3 atom stereocenters. The van der Waals surface area contributed by atoms with E-state index in [4.69, 9.17) is 4.74 Å². The highest BCUT2D eigenvalue weighted by Crippen LogP contribution is 2.36. The average molecular weight is 494 g/mol. The molecule has 0 bridgehead atoms. The number of sulfonamides is 1. The Kier molecular flexibility index (Phi) is 7.84. The Morgan fingerprint density at radius 3 is 2.41 bits per heavy atom. The third-order valence-corrected chi connectivity index (χ3v) is 7.95. The maximum Gasteiger partial charge on any atom is 0.258 e. The lowest BCUT2D eigenvalue weighted by Crippen LogP contribution is -2.50. The number of carbonyl (C=O) groups excluding carboxylic acids is 1. The van der Waals surface area contributed by atoms with Crippen LogP contribution in [-0.4, -0.2) is 81.6 Å². The summed E-state index contributed by atoms with van der Waals surface area (Å²) < 4.78 is 47.1. The van der Waals surface area contributed by atoms with Gasteiger partial charge in [0, 0.05) is 33.6 Å². The van der Waals surface area contributed by atoms with Gasteiger partial charge in [-0.05, 0) is 43.3 Å². The molecule has 10 heteroatoms. The highest BCUT2D eigenvalue weighted by atomic mass is 32.2. The lowest BCUT2D eigenvalue weighted by atomic mass is 9.99. The summed E-state index contributed by atoms with van der Waals surface area (Å²) in [7, 11) is 1.22. The number of nitrogens with zero attached hydrogens (tertiary/aromatic N) is 3. The van der Waals surface area contributed by atoms with Gasteiger partial charge >= 0.3 is 0 Å². The van der Waals surface area contributed by atoms with Crippen molar-refractivity contribution in [2.45, 2.75) is 30.9 Å². The number of hydrogen-bond donors (Lipinski definition) is 1. The Bertz CT molecular complexity index is 1120. The van der Waals surface area contributed by atoms with E-state index in [0.717, 1.165) is 12.1 Å². The summed E-state index contributed by atoms with van der Waals surface area (Å²) in [6.45, 7) is 3.74. The van der Waals surface area contributed by atoms with Crippen molar-refractivity contribution in [3.8, 4) is 5.75 Å². The summed E-state index contributed by atoms with van der Waals surface area (Å²) in [5.41, 5.74) is 1.04. The van der Waals surface area contributed by atoms with E-state index in [0.29, 0.717) is 17.0 Å². The molecule has 1 aliphatic rings. The van der Waals surface area contributed by atoms with Gasteiger partial charge < -0.3 is 19.6 Å². The predicted molar refractivity (Wildman–Crippen MR) is 128 cm³/mol. The first kappa shape index (κ1) is 25.9. The molecule has 2 aromatic rings. The predicted octanol–water partition coefficient (Wildman–Crippen LogP) is 2.43. The molecule has 1 aliphatic heterocycles. The second-order valence-corrected chi connectivity index (χ2v) is 11.0. The Morgan fingerprint density at radius 1 is 1.18 bits per heavy atom. The highest BCUT2D eigenvalue weighted by molar-refractivity contribution is 7.89. The van der Waals surface area contributed by atoms with Crippen molar-refractivity contribution in [1.82, 2.24) is 9.21 Å². The van der Waals surface area contributed by atoms with Gasteiger partial charge in [-0.2, -0.15) is 4.31 Å². The zero-order valence-corrected chi connectivity index (χ0v) is 20.9. The van der Waals surface area contributed by atoms with E-state index < -0.39 is 28.0 Å². The summed E-state index contributed by atoms with van der Waals surface area (Å²) >= 11 is 0. The molecular formula is C24H32FN3O5S. The molecule has 0 aliphatic carbocycles. The summed E-state index contributed by atoms with van der Waals surface area (Å²) in [5.74, 6) is -0.657. The monoisotopic (exact) mass is 493 g/mol. The fourth-order valence-corrected chi connectivity index (χ4v) is 5.12. The van der Waals surface area contributed by atoms with Gasteiger partial charge in [0.1, 0.15) is 11.9 Å². The van der Waals surface area contributed by atoms with Crippen LogP contribution in [0.4, 0.5) is 10.1 Å². The zero-order chi connectivity index (χ0) is 25.2. The molecule has 0 fully saturated rings. The van der Waals surface area contributed by atoms with Crippen molar-refractivity contribution < 1.29 is 27.4 Å². The summed E-state index contributed by atoms with van der Waals surface area (Å²) in [6.07, 6.45) is -0.596. The molecule has 2 aromatic carbocycles. The van der Waals surface area contributed by atoms with Gasteiger partial charge in [0.05, 0.1) is 35.3 Å². The van der Waals surface area contributed by atoms with Crippen LogP contribution >= 0.6 is 0 Å². The number of halogens is 1. The standard InChI is InChI=1S/C24H32FN3O5S/c1-16-13-28(17(2)15-29)24(30)20-7-6-8-21(26(3)4)23(20)33-22(16)14-27(5)34(31,32)19-11-9-18(25)10-12-19/h6-12,16-17,22,29H,13-15H2,1-5H3/t16-,17+,22-/m1/s1. The van der Waals surface area contributed by atoms with Crippen LogP contribution < -0.4 is 9.64 Å². The number of aliphatic hydroxyl groups is 1. The number of rotatable bonds is 7. The third kappa shape index (κ3) is 5.18. The molecule has 3 rings (SSSR count). The van der Waals surface area contributed by atoms with Crippen LogP contribution in [0, 0.1) is 11.7 Å². The summed E-state index contributed by atoms with van der Waals surface area (Å²) in [4.78, 5) is 16.8. The largest absolute Gasteiger partial charge is 0.486 e. The van der Waals surface area contributed by atoms with Crippen LogP contribution in [0.2, 0.25) is 0 Å². The molecule has 0 spiro atoms. The van der Waals surface area contributed by atoms with Crippen LogP contribution in [0.5, 0.6) is 5.75 Å². The van der Waals surface area contributed by atoms with Gasteiger partial charge in [0.15, 0.2) is 5.75 Å². The Hall–Kier alpha value is -2.69. The van der Waals surface area contributed by atoms with E-state index >= 15 is 0 Å². The van der Waals surface area contributed by atoms with E-state index in [1.165, 1.54) is 23.5 Å². The molecule has 0 aromatic heterocycles. The molecular weight excluding hydrogens is 461 g/mol. The maximum absolute atomic E-state index is 13.4. The van der Waals surface area contributed by atoms with Crippen molar-refractivity contribution in [3.05, 3.63) is 53.8 Å². The molecule has 186 valence electrons. The molecule has 0 saturated heterocycles. The molecule has 8 nitrogen and oxygen atoms in total. The van der Waals surface area contributed by atoms with Gasteiger partial charge in [-0.15, -0.1) is 0 Å². The lowest BCUT2D eigenvalue weighted by molar-refractivity contribution is 0.0388. The number of benzene rings is 2. The number of para-hydroxylation sites is 1. The SMILES string of the molecule is C[C@@H]1CN([C@@H](C)CO)C(=O)c2cccc(N(C)C)c2O[C@@H]1CN(C)S(=O)(=O)c1ccc(F)cc1. The summed E-state index contributed by atoms with van der Waals surface area (Å²) in [6, 6.07) is 9.51. The molecule has 1 heterocycles. The first-order valence-corrected chi connectivity index (χ1v) is 12.5. The van der Waals surface area contributed by atoms with Crippen LogP contribution in [0.25, 0.3) is 0 Å². The molecule has 0 radical (unpaired) electrons. The van der Waals surface area contributed by atoms with Crippen LogP contribution in [-0.2, 0) is 10.0 Å². The number of ether oxygens (including phenoxy) is 1. The van der Waals surface area contributed by atoms with E-state index in [-0.39, 0.29) is 36.4 Å². The number of anilines is 1. The number of likely N-dealkylation sites (N-methyl/N-ethyl adjacent to an activating group) is 1. The van der Waals surface area contributed by atoms with E-state index in [9.17, 15) is 22.7 Å². The van der Waals surface area contributed by atoms with Gasteiger partial charge in [0.25, 0.3) is 5.91 Å². The van der Waals surface area contributed by atoms with Gasteiger partial charge in [-0.25, -0.2) is 12.8 Å². The fraction of sp³-hybridized carbons (Fsp3) is 0.458. The first-order chi connectivity index (χ1) is 16.0. The Morgan fingerprint density at radius 2 is 1.82 bits per heavy atom. The van der Waals surface area contributed by atoms with Crippen molar-refractivity contribution in [1.29, 1.82) is 0 Å². The second-order valence-electron chi connectivity index (χ2n) is 8.91. The maximum atomic E-state index is 13.4. The van der Waals surface area contributed by atoms with Gasteiger partial charge in [-0.1, -0.05) is 13.0 Å². The number of amides is 1. The second kappa shape index (κ2) is 10.3. The van der Waals surface area contributed by atoms with Crippen molar-refractivity contribution in [3.63, 3.8) is 0 Å². The smallest absolute Gasteiger partial charge is 0.258 e. The van der Waals surface area contributed by atoms with Crippen LogP contribution in [0.1, 0.15) is 24.2 Å². The van der Waals surface area contributed by atoms with Gasteiger partial charge in [0.2, 0.25) is 10.0 Å². The normalized spacial score (nSPS) is 19.8. The molecule has 1 amide bonds. The van der Waals surface area contributed by atoms with Gasteiger partial charge in [-0.3, -0.25) is 4.79 Å². The van der Waals surface area contributed by atoms with E-state index in [1.54, 1.807) is 24.0 Å². The molecule has 0 unspecified atom stereocenters. The minimum Gasteiger partial charge on any atom is -0.486 e. The van der Waals surface area contributed by atoms with Crippen molar-refractivity contribution in [2.24, 2.45) is 5.92 Å². The number of fused-ring (bicyclic) bond motifs is 1. The Labute approximate surface area is 200 Å². The van der Waals surface area contributed by atoms with Crippen molar-refractivity contribution >= 4 is 21.6 Å². The van der Waals surface area contributed by atoms with Crippen LogP contribution in [0.3, 0.4) is 0 Å². The van der Waals surface area contributed by atoms with E-state index in [1.807, 2.05) is 32.0 Å². The molecule has 1 N–H and O–H groups in total. The number of hydrogen-bond acceptors (Lipinski definition) is 6. The topological polar surface area (TPSA) is 90.4 Å². The number of carbonyl (C=O) groups is 1. The quantitative estimate of drug-likeness (QED) is 0.637. The first-order valence-electron chi connectivity index (χ1n) is 11.1.